The van der Waals surface area contributed by atoms with Gasteiger partial charge in [-0.2, -0.15) is 0 Å². The number of ether oxygens (including phenoxy) is 2. The third-order valence-electron chi connectivity index (χ3n) is 3.70. The van der Waals surface area contributed by atoms with E-state index in [1.807, 2.05) is 30.3 Å². The van der Waals surface area contributed by atoms with Crippen LogP contribution in [0.5, 0.6) is 6.01 Å². The first-order chi connectivity index (χ1) is 11.7. The number of rotatable bonds is 6. The van der Waals surface area contributed by atoms with E-state index in [4.69, 9.17) is 21.1 Å². The molecule has 0 radical (unpaired) electrons. The number of likely N-dealkylation sites (tertiary alicyclic amines) is 1. The Balaban J connectivity index is 1.41. The molecule has 1 aromatic carbocycles. The molecule has 3 rings (SSSR count). The van der Waals surface area contributed by atoms with Crippen LogP contribution in [-0.2, 0) is 16.1 Å². The van der Waals surface area contributed by atoms with Crippen molar-refractivity contribution >= 4 is 17.5 Å². The van der Waals surface area contributed by atoms with Crippen molar-refractivity contribution in [2.45, 2.75) is 19.1 Å². The van der Waals surface area contributed by atoms with Crippen molar-refractivity contribution in [3.63, 3.8) is 0 Å². The predicted molar refractivity (Wildman–Crippen MR) is 88.8 cm³/mol. The summed E-state index contributed by atoms with van der Waals surface area (Å²) in [5.74, 6) is -0.0333. The third-order valence-corrected chi connectivity index (χ3v) is 3.90. The van der Waals surface area contributed by atoms with Gasteiger partial charge in [0, 0.05) is 13.0 Å². The van der Waals surface area contributed by atoms with Crippen LogP contribution in [0.15, 0.2) is 42.7 Å². The summed E-state index contributed by atoms with van der Waals surface area (Å²) < 4.78 is 11.2. The number of hydrogen-bond donors (Lipinski definition) is 0. The van der Waals surface area contributed by atoms with E-state index in [1.165, 1.54) is 12.4 Å². The summed E-state index contributed by atoms with van der Waals surface area (Å²) in [6, 6.07) is 10.1. The zero-order chi connectivity index (χ0) is 16.8. The summed E-state index contributed by atoms with van der Waals surface area (Å²) >= 11 is 5.74. The van der Waals surface area contributed by atoms with Gasteiger partial charge in [0.15, 0.2) is 0 Å². The second-order valence-electron chi connectivity index (χ2n) is 5.53. The molecule has 7 heteroatoms. The minimum Gasteiger partial charge on any atom is -0.458 e. The van der Waals surface area contributed by atoms with Crippen molar-refractivity contribution in [2.24, 2.45) is 0 Å². The number of halogens is 1. The van der Waals surface area contributed by atoms with Crippen LogP contribution >= 0.6 is 11.6 Å². The lowest BCUT2D eigenvalue weighted by molar-refractivity contribution is -0.135. The number of hydrogen-bond acceptors (Lipinski definition) is 5. The van der Waals surface area contributed by atoms with Gasteiger partial charge in [-0.25, -0.2) is 9.97 Å². The fraction of sp³-hybridized carbons (Fsp3) is 0.353. The Labute approximate surface area is 145 Å². The lowest BCUT2D eigenvalue weighted by Crippen LogP contribution is -2.33. The molecule has 2 aromatic rings. The highest BCUT2D eigenvalue weighted by molar-refractivity contribution is 6.30. The van der Waals surface area contributed by atoms with Gasteiger partial charge in [-0.3, -0.25) is 4.79 Å². The molecule has 2 heterocycles. The molecule has 126 valence electrons. The van der Waals surface area contributed by atoms with E-state index in [9.17, 15) is 4.79 Å². The Morgan fingerprint density at radius 3 is 2.75 bits per heavy atom. The lowest BCUT2D eigenvalue weighted by Gasteiger charge is -2.16. The topological polar surface area (TPSA) is 64.5 Å². The minimum atomic E-state index is -0.107. The minimum absolute atomic E-state index is 0.0333. The van der Waals surface area contributed by atoms with E-state index < -0.39 is 0 Å². The number of carbonyl (C=O) groups is 1. The Hall–Kier alpha value is -2.18. The van der Waals surface area contributed by atoms with Crippen LogP contribution in [0.1, 0.15) is 12.0 Å². The van der Waals surface area contributed by atoms with Gasteiger partial charge in [-0.15, -0.1) is 0 Å². The molecule has 1 fully saturated rings. The van der Waals surface area contributed by atoms with E-state index in [0.29, 0.717) is 24.7 Å². The lowest BCUT2D eigenvalue weighted by atomic mass is 10.2. The van der Waals surface area contributed by atoms with Crippen molar-refractivity contribution < 1.29 is 14.3 Å². The normalized spacial score (nSPS) is 17.0. The highest BCUT2D eigenvalue weighted by atomic mass is 35.5. The summed E-state index contributed by atoms with van der Waals surface area (Å²) in [6.45, 7) is 1.66. The Bertz CT molecular complexity index is 667. The molecule has 6 nitrogen and oxygen atoms in total. The number of carbonyl (C=O) groups excluding carboxylic acids is 1. The number of benzene rings is 1. The van der Waals surface area contributed by atoms with Crippen molar-refractivity contribution in [3.8, 4) is 6.01 Å². The second-order valence-corrected chi connectivity index (χ2v) is 5.97. The molecule has 0 unspecified atom stereocenters. The molecule has 0 N–H and O–H groups in total. The average molecular weight is 348 g/mol. The Morgan fingerprint density at radius 2 is 2.00 bits per heavy atom. The molecule has 1 aromatic heterocycles. The standard InChI is InChI=1S/C17H18ClN3O3/c18-14-8-19-17(20-9-14)24-15-6-7-21(10-15)16(22)12-23-11-13-4-2-1-3-5-13/h1-5,8-9,15H,6-7,10-12H2/t15-/m1/s1. The number of aromatic nitrogens is 2. The van der Waals surface area contributed by atoms with Gasteiger partial charge in [0.05, 0.1) is 30.6 Å². The Kier molecular flexibility index (Phi) is 5.61. The van der Waals surface area contributed by atoms with Crippen molar-refractivity contribution in [1.82, 2.24) is 14.9 Å². The molecule has 0 aliphatic carbocycles. The maximum absolute atomic E-state index is 12.2. The van der Waals surface area contributed by atoms with Gasteiger partial charge >= 0.3 is 6.01 Å². The van der Waals surface area contributed by atoms with Gasteiger partial charge in [0.1, 0.15) is 12.7 Å². The highest BCUT2D eigenvalue weighted by Crippen LogP contribution is 2.16. The van der Waals surface area contributed by atoms with Gasteiger partial charge in [-0.1, -0.05) is 41.9 Å². The van der Waals surface area contributed by atoms with Gasteiger partial charge in [0.2, 0.25) is 5.91 Å². The van der Waals surface area contributed by atoms with Crippen LogP contribution in [0.25, 0.3) is 0 Å². The van der Waals surface area contributed by atoms with E-state index in [1.54, 1.807) is 4.90 Å². The van der Waals surface area contributed by atoms with Crippen LogP contribution < -0.4 is 4.74 Å². The van der Waals surface area contributed by atoms with E-state index in [2.05, 4.69) is 9.97 Å². The van der Waals surface area contributed by atoms with Crippen molar-refractivity contribution in [2.75, 3.05) is 19.7 Å². The number of amides is 1. The highest BCUT2D eigenvalue weighted by Gasteiger charge is 2.28. The summed E-state index contributed by atoms with van der Waals surface area (Å²) in [5.41, 5.74) is 1.05. The molecule has 1 aliphatic rings. The fourth-order valence-corrected chi connectivity index (χ4v) is 2.58. The molecule has 1 amide bonds. The molecule has 0 spiro atoms. The first kappa shape index (κ1) is 16.7. The summed E-state index contributed by atoms with van der Waals surface area (Å²) in [4.78, 5) is 21.9. The first-order valence-corrected chi connectivity index (χ1v) is 8.12. The molecule has 1 atom stereocenters. The molecule has 1 saturated heterocycles. The van der Waals surface area contributed by atoms with Crippen molar-refractivity contribution in [1.29, 1.82) is 0 Å². The third kappa shape index (κ3) is 4.66. The molecule has 0 saturated carbocycles. The molecule has 24 heavy (non-hydrogen) atoms. The second kappa shape index (κ2) is 8.08. The van der Waals surface area contributed by atoms with Crippen LogP contribution in [0, 0.1) is 0 Å². The SMILES string of the molecule is O=C(COCc1ccccc1)N1CC[C@@H](Oc2ncc(Cl)cn2)C1. The Morgan fingerprint density at radius 1 is 1.25 bits per heavy atom. The molecular weight excluding hydrogens is 330 g/mol. The molecule has 1 aliphatic heterocycles. The summed E-state index contributed by atoms with van der Waals surface area (Å²) in [5, 5.41) is 0.459. The number of nitrogens with zero attached hydrogens (tertiary/aromatic N) is 3. The maximum Gasteiger partial charge on any atom is 0.316 e. The van der Waals surface area contributed by atoms with Gasteiger partial charge in [-0.05, 0) is 5.56 Å². The molecular formula is C17H18ClN3O3. The van der Waals surface area contributed by atoms with Crippen LogP contribution in [0.3, 0.4) is 0 Å². The molecule has 0 bridgehead atoms. The fourth-order valence-electron chi connectivity index (χ4n) is 2.48. The first-order valence-electron chi connectivity index (χ1n) is 7.74. The average Bonchev–Trinajstić information content (AvgIpc) is 3.06. The van der Waals surface area contributed by atoms with E-state index in [-0.39, 0.29) is 24.6 Å². The monoisotopic (exact) mass is 347 g/mol. The van der Waals surface area contributed by atoms with Gasteiger partial charge < -0.3 is 14.4 Å². The quantitative estimate of drug-likeness (QED) is 0.802. The van der Waals surface area contributed by atoms with Crippen LogP contribution in [0.4, 0.5) is 0 Å². The zero-order valence-electron chi connectivity index (χ0n) is 13.1. The zero-order valence-corrected chi connectivity index (χ0v) is 13.9. The predicted octanol–water partition coefficient (Wildman–Crippen LogP) is 2.33. The van der Waals surface area contributed by atoms with Gasteiger partial charge in [0.25, 0.3) is 0 Å². The van der Waals surface area contributed by atoms with E-state index in [0.717, 1.165) is 12.0 Å². The van der Waals surface area contributed by atoms with Crippen LogP contribution in [0.2, 0.25) is 5.02 Å². The summed E-state index contributed by atoms with van der Waals surface area (Å²) in [6.07, 6.45) is 3.61. The van der Waals surface area contributed by atoms with Crippen LogP contribution in [-0.4, -0.2) is 46.6 Å². The largest absolute Gasteiger partial charge is 0.458 e. The maximum atomic E-state index is 12.2. The van der Waals surface area contributed by atoms with E-state index >= 15 is 0 Å². The smallest absolute Gasteiger partial charge is 0.316 e. The van der Waals surface area contributed by atoms with Crippen molar-refractivity contribution in [3.05, 3.63) is 53.3 Å². The summed E-state index contributed by atoms with van der Waals surface area (Å²) in [7, 11) is 0.